The Hall–Kier alpha value is -4.86. The molecule has 0 heterocycles. The van der Waals surface area contributed by atoms with E-state index in [0.29, 0.717) is 6.61 Å². The van der Waals surface area contributed by atoms with Gasteiger partial charge in [0.15, 0.2) is 0 Å². The van der Waals surface area contributed by atoms with Crippen molar-refractivity contribution in [3.63, 3.8) is 0 Å². The molecule has 0 aliphatic heterocycles. The molecule has 40 heavy (non-hydrogen) atoms. The van der Waals surface area contributed by atoms with Gasteiger partial charge in [-0.05, 0) is 106 Å². The highest BCUT2D eigenvalue weighted by atomic mass is 16.5. The maximum Gasteiger partial charge on any atom is 0.113 e. The fourth-order valence-corrected chi connectivity index (χ4v) is 5.17. The number of aliphatic hydroxyl groups excluding tert-OH is 1. The van der Waals surface area contributed by atoms with E-state index < -0.39 is 0 Å². The lowest BCUT2D eigenvalue weighted by Crippen LogP contribution is -2.09. The van der Waals surface area contributed by atoms with Gasteiger partial charge >= 0.3 is 0 Å². The third-order valence-corrected chi connectivity index (χ3v) is 7.20. The second-order valence-electron chi connectivity index (χ2n) is 9.97. The van der Waals surface area contributed by atoms with Gasteiger partial charge in [0.05, 0.1) is 12.4 Å². The number of anilines is 3. The molecule has 0 aliphatic rings. The Labute approximate surface area is 235 Å². The highest BCUT2D eigenvalue weighted by Gasteiger charge is 2.12. The van der Waals surface area contributed by atoms with Crippen molar-refractivity contribution in [2.75, 3.05) is 4.90 Å². The zero-order valence-corrected chi connectivity index (χ0v) is 22.5. The molecule has 3 nitrogen and oxygen atoms in total. The molecular formula is C37H31NO2. The number of hydrogen-bond acceptors (Lipinski definition) is 3. The zero-order chi connectivity index (χ0) is 27.3. The van der Waals surface area contributed by atoms with Gasteiger partial charge in [-0.25, -0.2) is 0 Å². The molecule has 3 heteroatoms. The molecular weight excluding hydrogens is 490 g/mol. The zero-order valence-electron chi connectivity index (χ0n) is 22.5. The van der Waals surface area contributed by atoms with Crippen molar-refractivity contribution in [3.05, 3.63) is 156 Å². The van der Waals surface area contributed by atoms with Crippen LogP contribution in [0.2, 0.25) is 0 Å². The summed E-state index contributed by atoms with van der Waals surface area (Å²) in [6.07, 6.45) is 2.06. The van der Waals surface area contributed by atoms with Gasteiger partial charge in [0.1, 0.15) is 6.61 Å². The predicted molar refractivity (Wildman–Crippen MR) is 167 cm³/mol. The molecule has 0 fully saturated rings. The average molecular weight is 522 g/mol. The van der Waals surface area contributed by atoms with Gasteiger partial charge in [0.2, 0.25) is 0 Å². The van der Waals surface area contributed by atoms with Crippen LogP contribution in [0.15, 0.2) is 139 Å². The van der Waals surface area contributed by atoms with Gasteiger partial charge in [-0.15, -0.1) is 0 Å². The van der Waals surface area contributed by atoms with E-state index in [1.807, 2.05) is 37.3 Å². The number of allylic oxidation sites excluding steroid dienone is 1. The van der Waals surface area contributed by atoms with E-state index in [0.717, 1.165) is 50.3 Å². The third-order valence-electron chi connectivity index (χ3n) is 7.20. The molecule has 0 saturated carbocycles. The highest BCUT2D eigenvalue weighted by molar-refractivity contribution is 5.90. The van der Waals surface area contributed by atoms with Crippen LogP contribution in [0.25, 0.3) is 27.6 Å². The maximum absolute atomic E-state index is 9.89. The summed E-state index contributed by atoms with van der Waals surface area (Å²) in [6.45, 7) is 2.38. The van der Waals surface area contributed by atoms with Crippen molar-refractivity contribution >= 4 is 44.7 Å². The van der Waals surface area contributed by atoms with Crippen LogP contribution < -0.4 is 4.90 Å². The minimum absolute atomic E-state index is 0.00900. The van der Waals surface area contributed by atoms with E-state index in [4.69, 9.17) is 4.74 Å². The number of fused-ring (bicyclic) bond motifs is 2. The predicted octanol–water partition coefficient (Wildman–Crippen LogP) is 9.53. The van der Waals surface area contributed by atoms with E-state index in [2.05, 4.69) is 114 Å². The average Bonchev–Trinajstić information content (AvgIpc) is 3.01. The lowest BCUT2D eigenvalue weighted by molar-refractivity contribution is 0.199. The first-order valence-electron chi connectivity index (χ1n) is 13.5. The van der Waals surface area contributed by atoms with Gasteiger partial charge in [0.25, 0.3) is 0 Å². The van der Waals surface area contributed by atoms with Crippen LogP contribution in [-0.2, 0) is 18.0 Å². The molecule has 0 spiro atoms. The van der Waals surface area contributed by atoms with E-state index in [-0.39, 0.29) is 6.61 Å². The Morgan fingerprint density at radius 2 is 1.15 bits per heavy atom. The second kappa shape index (κ2) is 11.5. The summed E-state index contributed by atoms with van der Waals surface area (Å²) in [7, 11) is 0. The van der Waals surface area contributed by atoms with Crippen LogP contribution in [0.5, 0.6) is 0 Å². The van der Waals surface area contributed by atoms with Gasteiger partial charge in [-0.3, -0.25) is 0 Å². The minimum atomic E-state index is -0.00900. The molecule has 0 aliphatic carbocycles. The van der Waals surface area contributed by atoms with Crippen LogP contribution in [0.4, 0.5) is 17.1 Å². The Balaban J connectivity index is 1.24. The third kappa shape index (κ3) is 5.47. The van der Waals surface area contributed by atoms with Crippen LogP contribution in [-0.4, -0.2) is 5.11 Å². The monoisotopic (exact) mass is 521 g/mol. The molecule has 196 valence electrons. The van der Waals surface area contributed by atoms with Gasteiger partial charge in [0, 0.05) is 17.1 Å². The van der Waals surface area contributed by atoms with Crippen LogP contribution in [0.3, 0.4) is 0 Å². The van der Waals surface area contributed by atoms with E-state index in [1.54, 1.807) is 0 Å². The van der Waals surface area contributed by atoms with Crippen LogP contribution in [0.1, 0.15) is 23.6 Å². The second-order valence-corrected chi connectivity index (χ2v) is 9.97. The topological polar surface area (TPSA) is 32.7 Å². The minimum Gasteiger partial charge on any atom is -0.494 e. The van der Waals surface area contributed by atoms with Gasteiger partial charge in [-0.2, -0.15) is 0 Å². The number of ether oxygens (including phenoxy) is 1. The first kappa shape index (κ1) is 25.4. The molecule has 0 amide bonds. The lowest BCUT2D eigenvalue weighted by Gasteiger charge is -2.25. The van der Waals surface area contributed by atoms with Crippen LogP contribution >= 0.6 is 0 Å². The Morgan fingerprint density at radius 3 is 1.80 bits per heavy atom. The number of nitrogens with zero attached hydrogens (tertiary/aromatic N) is 1. The molecule has 0 aromatic heterocycles. The van der Waals surface area contributed by atoms with E-state index >= 15 is 0 Å². The van der Waals surface area contributed by atoms with Crippen molar-refractivity contribution in [1.82, 2.24) is 0 Å². The highest BCUT2D eigenvalue weighted by Crippen LogP contribution is 2.36. The standard InChI is InChI=1S/C37H31NO2/c1-27(40-26-34-23-30-11-9-8-10-29(30)22-33(34)25-39)20-28-16-17-32-24-37(19-18-31(32)21-28)38(35-12-4-2-5-13-35)36-14-6-3-7-15-36/h2-24,39H,25-26H2,1H3. The smallest absolute Gasteiger partial charge is 0.113 e. The van der Waals surface area contributed by atoms with Crippen molar-refractivity contribution in [2.24, 2.45) is 0 Å². The van der Waals surface area contributed by atoms with Crippen LogP contribution in [0, 0.1) is 0 Å². The number of para-hydroxylation sites is 2. The molecule has 1 N–H and O–H groups in total. The van der Waals surface area contributed by atoms with Crippen molar-refractivity contribution in [2.45, 2.75) is 20.1 Å². The summed E-state index contributed by atoms with van der Waals surface area (Å²) in [5.41, 5.74) is 6.34. The van der Waals surface area contributed by atoms with Gasteiger partial charge < -0.3 is 14.7 Å². The summed E-state index contributed by atoms with van der Waals surface area (Å²) < 4.78 is 6.13. The number of hydrogen-bond donors (Lipinski definition) is 1. The fourth-order valence-electron chi connectivity index (χ4n) is 5.17. The molecule has 0 saturated heterocycles. The molecule has 6 aromatic rings. The molecule has 6 rings (SSSR count). The largest absolute Gasteiger partial charge is 0.494 e. The molecule has 0 radical (unpaired) electrons. The summed E-state index contributed by atoms with van der Waals surface area (Å²) in [5, 5.41) is 14.5. The van der Waals surface area contributed by atoms with Gasteiger partial charge in [-0.1, -0.05) is 78.9 Å². The summed E-state index contributed by atoms with van der Waals surface area (Å²) in [5.74, 6) is 0.826. The Morgan fingerprint density at radius 1 is 0.600 bits per heavy atom. The fraction of sp³-hybridized carbons (Fsp3) is 0.0811. The van der Waals surface area contributed by atoms with E-state index in [1.165, 1.54) is 10.8 Å². The quantitative estimate of drug-likeness (QED) is 0.202. The lowest BCUT2D eigenvalue weighted by atomic mass is 10.0. The van der Waals surface area contributed by atoms with E-state index in [9.17, 15) is 5.11 Å². The Bertz CT molecular complexity index is 1750. The summed E-state index contributed by atoms with van der Waals surface area (Å²) in [6, 6.07) is 46.3. The first-order valence-corrected chi connectivity index (χ1v) is 13.5. The molecule has 0 bridgehead atoms. The molecule has 0 atom stereocenters. The SMILES string of the molecule is CC(=Cc1ccc2cc(N(c3ccccc3)c3ccccc3)ccc2c1)OCc1cc2ccccc2cc1CO. The Kier molecular flexibility index (Phi) is 7.30. The summed E-state index contributed by atoms with van der Waals surface area (Å²) in [4.78, 5) is 2.28. The maximum atomic E-state index is 9.89. The molecule has 6 aromatic carbocycles. The number of aliphatic hydroxyl groups is 1. The normalized spacial score (nSPS) is 11.6. The number of benzene rings is 6. The first-order chi connectivity index (χ1) is 19.7. The van der Waals surface area contributed by atoms with Crippen molar-refractivity contribution < 1.29 is 9.84 Å². The molecule has 0 unspecified atom stereocenters. The van der Waals surface area contributed by atoms with Crippen molar-refractivity contribution in [1.29, 1.82) is 0 Å². The van der Waals surface area contributed by atoms with Crippen molar-refractivity contribution in [3.8, 4) is 0 Å². The summed E-state index contributed by atoms with van der Waals surface area (Å²) >= 11 is 0. The number of rotatable bonds is 8.